The number of hydrogen-bond donors (Lipinski definition) is 3. The average molecular weight is 344 g/mol. The van der Waals surface area contributed by atoms with Crippen LogP contribution in [0.15, 0.2) is 12.2 Å². The van der Waals surface area contributed by atoms with Crippen LogP contribution in [0.2, 0.25) is 0 Å². The van der Waals surface area contributed by atoms with Crippen molar-refractivity contribution < 1.29 is 24.8 Å². The fourth-order valence-corrected chi connectivity index (χ4v) is 2.93. The van der Waals surface area contributed by atoms with E-state index in [1.807, 2.05) is 0 Å². The fraction of sp³-hybridized carbons (Fsp3) is 0.895. The van der Waals surface area contributed by atoms with E-state index in [-0.39, 0.29) is 13.2 Å². The molecule has 0 aromatic rings. The van der Waals surface area contributed by atoms with Crippen molar-refractivity contribution >= 4 is 0 Å². The summed E-state index contributed by atoms with van der Waals surface area (Å²) in [6, 6.07) is 0. The molecule has 1 aliphatic rings. The molecule has 24 heavy (non-hydrogen) atoms. The Balaban J connectivity index is 1.98. The van der Waals surface area contributed by atoms with Gasteiger partial charge in [0.15, 0.2) is 0 Å². The van der Waals surface area contributed by atoms with Crippen molar-refractivity contribution in [1.29, 1.82) is 0 Å². The SMILES string of the molecule is CCCC/C=C/CCCCCCCO[C@H]1[C@@H]([C@@H](O)CO)OC[C@H]1O. The predicted molar refractivity (Wildman–Crippen MR) is 94.9 cm³/mol. The molecule has 3 N–H and O–H groups in total. The first-order chi connectivity index (χ1) is 11.7. The summed E-state index contributed by atoms with van der Waals surface area (Å²) < 4.78 is 11.0. The maximum absolute atomic E-state index is 9.83. The second kappa shape index (κ2) is 13.8. The topological polar surface area (TPSA) is 79.2 Å². The van der Waals surface area contributed by atoms with E-state index in [2.05, 4.69) is 19.1 Å². The zero-order valence-electron chi connectivity index (χ0n) is 15.1. The zero-order chi connectivity index (χ0) is 17.6. The van der Waals surface area contributed by atoms with Crippen LogP contribution in [-0.4, -0.2) is 59.6 Å². The molecular formula is C19H36O5. The van der Waals surface area contributed by atoms with Gasteiger partial charge in [0, 0.05) is 6.61 Å². The summed E-state index contributed by atoms with van der Waals surface area (Å²) >= 11 is 0. The quantitative estimate of drug-likeness (QED) is 0.333. The molecule has 0 amide bonds. The van der Waals surface area contributed by atoms with Crippen LogP contribution in [0.25, 0.3) is 0 Å². The molecule has 1 fully saturated rings. The van der Waals surface area contributed by atoms with Crippen molar-refractivity contribution in [3.05, 3.63) is 12.2 Å². The molecule has 0 saturated carbocycles. The molecule has 0 bridgehead atoms. The van der Waals surface area contributed by atoms with E-state index in [0.29, 0.717) is 6.61 Å². The van der Waals surface area contributed by atoms with Crippen LogP contribution in [0.1, 0.15) is 64.7 Å². The Morgan fingerprint density at radius 1 is 1.08 bits per heavy atom. The van der Waals surface area contributed by atoms with E-state index in [0.717, 1.165) is 12.8 Å². The Bertz CT molecular complexity index is 321. The molecule has 0 aromatic carbocycles. The molecule has 1 saturated heterocycles. The lowest BCUT2D eigenvalue weighted by molar-refractivity contribution is -0.0938. The summed E-state index contributed by atoms with van der Waals surface area (Å²) in [6.07, 6.45) is 12.3. The average Bonchev–Trinajstić information content (AvgIpc) is 2.96. The highest BCUT2D eigenvalue weighted by Crippen LogP contribution is 2.21. The maximum atomic E-state index is 9.83. The van der Waals surface area contributed by atoms with Gasteiger partial charge in [-0.3, -0.25) is 0 Å². The van der Waals surface area contributed by atoms with Crippen LogP contribution in [0.4, 0.5) is 0 Å². The van der Waals surface area contributed by atoms with E-state index >= 15 is 0 Å². The molecule has 0 spiro atoms. The number of aliphatic hydroxyl groups is 3. The smallest absolute Gasteiger partial charge is 0.114 e. The molecular weight excluding hydrogens is 308 g/mol. The van der Waals surface area contributed by atoms with Crippen molar-refractivity contribution in [2.45, 2.75) is 89.1 Å². The standard InChI is InChI=1S/C19H36O5/c1-2-3-4-5-6-7-8-9-10-11-12-13-23-19-17(22)15-24-18(19)16(21)14-20/h5-6,16-22H,2-4,7-15H2,1H3/b6-5+/t16-,17+,18+,19+/m0/s1. The highest BCUT2D eigenvalue weighted by atomic mass is 16.6. The van der Waals surface area contributed by atoms with Crippen LogP contribution >= 0.6 is 0 Å². The van der Waals surface area contributed by atoms with E-state index in [1.54, 1.807) is 0 Å². The Kier molecular flexibility index (Phi) is 12.4. The second-order valence-corrected chi connectivity index (χ2v) is 6.62. The molecule has 142 valence electrons. The molecule has 1 aliphatic heterocycles. The minimum absolute atomic E-state index is 0.151. The van der Waals surface area contributed by atoms with Gasteiger partial charge in [-0.2, -0.15) is 0 Å². The lowest BCUT2D eigenvalue weighted by Crippen LogP contribution is -2.42. The van der Waals surface area contributed by atoms with Crippen molar-refractivity contribution in [3.8, 4) is 0 Å². The van der Waals surface area contributed by atoms with Gasteiger partial charge in [0.05, 0.1) is 13.2 Å². The molecule has 0 aromatic heterocycles. The summed E-state index contributed by atoms with van der Waals surface area (Å²) in [5.74, 6) is 0. The highest BCUT2D eigenvalue weighted by molar-refractivity contribution is 4.89. The summed E-state index contributed by atoms with van der Waals surface area (Å²) in [5, 5.41) is 28.5. The minimum Gasteiger partial charge on any atom is -0.394 e. The number of aliphatic hydroxyl groups excluding tert-OH is 3. The summed E-state index contributed by atoms with van der Waals surface area (Å²) in [4.78, 5) is 0. The van der Waals surface area contributed by atoms with Gasteiger partial charge in [-0.1, -0.05) is 51.2 Å². The van der Waals surface area contributed by atoms with Gasteiger partial charge >= 0.3 is 0 Å². The van der Waals surface area contributed by atoms with Crippen LogP contribution < -0.4 is 0 Å². The first-order valence-electron chi connectivity index (χ1n) is 9.55. The van der Waals surface area contributed by atoms with Gasteiger partial charge in [0.25, 0.3) is 0 Å². The summed E-state index contributed by atoms with van der Waals surface area (Å²) in [7, 11) is 0. The number of unbranched alkanes of at least 4 members (excludes halogenated alkanes) is 7. The molecule has 0 unspecified atom stereocenters. The van der Waals surface area contributed by atoms with Crippen LogP contribution in [0, 0.1) is 0 Å². The van der Waals surface area contributed by atoms with Gasteiger partial charge < -0.3 is 24.8 Å². The molecule has 0 radical (unpaired) electrons. The largest absolute Gasteiger partial charge is 0.394 e. The van der Waals surface area contributed by atoms with E-state index in [9.17, 15) is 10.2 Å². The van der Waals surface area contributed by atoms with Gasteiger partial charge in [-0.15, -0.1) is 0 Å². The fourth-order valence-electron chi connectivity index (χ4n) is 2.93. The molecule has 5 nitrogen and oxygen atoms in total. The van der Waals surface area contributed by atoms with Gasteiger partial charge in [0.1, 0.15) is 24.4 Å². The molecule has 1 heterocycles. The Labute approximate surface area is 146 Å². The van der Waals surface area contributed by atoms with E-state index < -0.39 is 24.4 Å². The zero-order valence-corrected chi connectivity index (χ0v) is 15.1. The third-order valence-electron chi connectivity index (χ3n) is 4.45. The number of allylic oxidation sites excluding steroid dienone is 2. The Morgan fingerprint density at radius 3 is 2.46 bits per heavy atom. The Hall–Kier alpha value is -0.460. The minimum atomic E-state index is -1.00. The van der Waals surface area contributed by atoms with Gasteiger partial charge in [-0.05, 0) is 25.7 Å². The lowest BCUT2D eigenvalue weighted by Gasteiger charge is -2.23. The second-order valence-electron chi connectivity index (χ2n) is 6.62. The predicted octanol–water partition coefficient (Wildman–Crippen LogP) is 2.57. The van der Waals surface area contributed by atoms with Crippen molar-refractivity contribution in [2.24, 2.45) is 0 Å². The molecule has 1 rings (SSSR count). The first kappa shape index (κ1) is 21.6. The van der Waals surface area contributed by atoms with E-state index in [4.69, 9.17) is 14.6 Å². The summed E-state index contributed by atoms with van der Waals surface area (Å²) in [5.41, 5.74) is 0. The maximum Gasteiger partial charge on any atom is 0.114 e. The molecule has 0 aliphatic carbocycles. The van der Waals surface area contributed by atoms with Crippen LogP contribution in [0.3, 0.4) is 0 Å². The number of rotatable bonds is 14. The van der Waals surface area contributed by atoms with Crippen molar-refractivity contribution in [3.63, 3.8) is 0 Å². The summed E-state index contributed by atoms with van der Waals surface area (Å²) in [6.45, 7) is 2.53. The van der Waals surface area contributed by atoms with Crippen LogP contribution in [0.5, 0.6) is 0 Å². The number of hydrogen-bond acceptors (Lipinski definition) is 5. The lowest BCUT2D eigenvalue weighted by atomic mass is 10.1. The van der Waals surface area contributed by atoms with Gasteiger partial charge in [0.2, 0.25) is 0 Å². The third-order valence-corrected chi connectivity index (χ3v) is 4.45. The third kappa shape index (κ3) is 8.58. The first-order valence-corrected chi connectivity index (χ1v) is 9.55. The molecule has 5 heteroatoms. The molecule has 4 atom stereocenters. The Morgan fingerprint density at radius 2 is 1.75 bits per heavy atom. The van der Waals surface area contributed by atoms with Gasteiger partial charge in [-0.25, -0.2) is 0 Å². The number of ether oxygens (including phenoxy) is 2. The van der Waals surface area contributed by atoms with Crippen molar-refractivity contribution in [1.82, 2.24) is 0 Å². The van der Waals surface area contributed by atoms with Crippen LogP contribution in [-0.2, 0) is 9.47 Å². The van der Waals surface area contributed by atoms with E-state index in [1.165, 1.54) is 44.9 Å². The monoisotopic (exact) mass is 344 g/mol. The van der Waals surface area contributed by atoms with Crippen molar-refractivity contribution in [2.75, 3.05) is 19.8 Å². The normalized spacial score (nSPS) is 25.6. The highest BCUT2D eigenvalue weighted by Gasteiger charge is 2.40.